The summed E-state index contributed by atoms with van der Waals surface area (Å²) in [4.78, 5) is 0. The van der Waals surface area contributed by atoms with Crippen LogP contribution in [0.15, 0.2) is 36.4 Å². The van der Waals surface area contributed by atoms with Crippen LogP contribution in [0.2, 0.25) is 0 Å². The Kier molecular flexibility index (Phi) is 2.26. The summed E-state index contributed by atoms with van der Waals surface area (Å²) in [6, 6.07) is 11.5. The molecule has 0 amide bonds. The molecule has 0 bridgehead atoms. The number of hydrogen-bond donors (Lipinski definition) is 2. The van der Waals surface area contributed by atoms with Crippen LogP contribution in [0.25, 0.3) is 10.8 Å². The Morgan fingerprint density at radius 3 is 2.62 bits per heavy atom. The second-order valence-corrected chi connectivity index (χ2v) is 3.31. The van der Waals surface area contributed by atoms with Crippen LogP contribution in [0.5, 0.6) is 5.75 Å². The number of phenols is 1. The summed E-state index contributed by atoms with van der Waals surface area (Å²) < 4.78 is 2.96. The van der Waals surface area contributed by atoms with Gasteiger partial charge in [0.2, 0.25) is 0 Å². The van der Waals surface area contributed by atoms with E-state index in [-0.39, 0.29) is 5.75 Å². The van der Waals surface area contributed by atoms with Gasteiger partial charge in [0.1, 0.15) is 5.75 Å². The van der Waals surface area contributed by atoms with Gasteiger partial charge in [0.15, 0.2) is 0 Å². The van der Waals surface area contributed by atoms with Crippen molar-refractivity contribution in [2.24, 2.45) is 0 Å². The Labute approximate surface area is 90.1 Å². The van der Waals surface area contributed by atoms with Crippen LogP contribution in [0, 0.1) is 0 Å². The Balaban J connectivity index is 2.84. The van der Waals surface area contributed by atoms with Crippen LogP contribution in [0.1, 0.15) is 0 Å². The molecule has 2 aromatic rings. The fourth-order valence-corrected chi connectivity index (χ4v) is 1.93. The average molecular weight is 285 g/mol. The standard InChI is InChI=1S/C10H8INO/c11-12-10-8-4-2-1-3-7(8)5-6-9(10)13/h1-6,12-13H. The number of phenolic OH excluding ortho intramolecular Hbond substituents is 1. The molecule has 0 saturated heterocycles. The number of nitrogens with one attached hydrogen (secondary N) is 1. The molecule has 0 aliphatic heterocycles. The van der Waals surface area contributed by atoms with Gasteiger partial charge in [0, 0.05) is 5.39 Å². The Bertz CT molecular complexity index is 442. The SMILES string of the molecule is Oc1ccc2ccccc2c1NI. The van der Waals surface area contributed by atoms with Crippen LogP contribution in [0.4, 0.5) is 5.69 Å². The molecule has 0 spiro atoms. The van der Waals surface area contributed by atoms with E-state index >= 15 is 0 Å². The molecule has 0 aliphatic carbocycles. The first-order chi connectivity index (χ1) is 6.33. The molecule has 0 aromatic heterocycles. The third-order valence-corrected chi connectivity index (χ3v) is 2.54. The Morgan fingerprint density at radius 2 is 1.85 bits per heavy atom. The number of aromatic hydroxyl groups is 1. The monoisotopic (exact) mass is 285 g/mol. The average Bonchev–Trinajstić information content (AvgIpc) is 2.18. The predicted octanol–water partition coefficient (Wildman–Crippen LogP) is 3.31. The predicted molar refractivity (Wildman–Crippen MR) is 63.3 cm³/mol. The van der Waals surface area contributed by atoms with Crippen molar-refractivity contribution in [2.45, 2.75) is 0 Å². The number of anilines is 1. The van der Waals surface area contributed by atoms with Crippen molar-refractivity contribution >= 4 is 39.3 Å². The summed E-state index contributed by atoms with van der Waals surface area (Å²) in [5.41, 5.74) is 0.777. The maximum atomic E-state index is 9.54. The zero-order valence-corrected chi connectivity index (χ0v) is 8.95. The third kappa shape index (κ3) is 1.44. The molecule has 2 N–H and O–H groups in total. The summed E-state index contributed by atoms with van der Waals surface area (Å²) >= 11 is 2.02. The minimum atomic E-state index is 0.285. The molecule has 3 heteroatoms. The molecule has 13 heavy (non-hydrogen) atoms. The first kappa shape index (κ1) is 8.62. The van der Waals surface area contributed by atoms with Gasteiger partial charge in [0.25, 0.3) is 0 Å². The molecular formula is C10H8INO. The fourth-order valence-electron chi connectivity index (χ4n) is 1.36. The fraction of sp³-hybridized carbons (Fsp3) is 0. The van der Waals surface area contributed by atoms with Gasteiger partial charge in [-0.3, -0.25) is 0 Å². The number of hydrogen-bond acceptors (Lipinski definition) is 2. The number of fused-ring (bicyclic) bond motifs is 1. The maximum Gasteiger partial charge on any atom is 0.140 e. The van der Waals surface area contributed by atoms with E-state index in [1.165, 1.54) is 0 Å². The molecule has 0 heterocycles. The molecule has 0 fully saturated rings. The number of benzene rings is 2. The molecule has 2 aromatic carbocycles. The molecule has 0 atom stereocenters. The van der Waals surface area contributed by atoms with Crippen LogP contribution < -0.4 is 3.53 Å². The van der Waals surface area contributed by atoms with Crippen molar-refractivity contribution in [3.8, 4) is 5.75 Å². The van der Waals surface area contributed by atoms with Crippen molar-refractivity contribution < 1.29 is 5.11 Å². The molecule has 2 rings (SSSR count). The van der Waals surface area contributed by atoms with Gasteiger partial charge < -0.3 is 8.64 Å². The van der Waals surface area contributed by atoms with Crippen molar-refractivity contribution in [2.75, 3.05) is 3.53 Å². The normalized spacial score (nSPS) is 10.2. The lowest BCUT2D eigenvalue weighted by Crippen LogP contribution is -1.83. The summed E-state index contributed by atoms with van der Waals surface area (Å²) in [6.07, 6.45) is 0. The largest absolute Gasteiger partial charge is 0.506 e. The first-order valence-corrected chi connectivity index (χ1v) is 4.98. The van der Waals surface area contributed by atoms with E-state index in [4.69, 9.17) is 0 Å². The number of rotatable bonds is 1. The van der Waals surface area contributed by atoms with Gasteiger partial charge in [-0.15, -0.1) is 0 Å². The van der Waals surface area contributed by atoms with Crippen molar-refractivity contribution in [1.29, 1.82) is 0 Å². The summed E-state index contributed by atoms with van der Waals surface area (Å²) in [7, 11) is 0. The van der Waals surface area contributed by atoms with Crippen LogP contribution in [-0.2, 0) is 0 Å². The summed E-state index contributed by atoms with van der Waals surface area (Å²) in [5.74, 6) is 0.285. The van der Waals surface area contributed by atoms with E-state index in [1.54, 1.807) is 6.07 Å². The summed E-state index contributed by atoms with van der Waals surface area (Å²) in [5, 5.41) is 11.7. The Morgan fingerprint density at radius 1 is 1.08 bits per heavy atom. The smallest absolute Gasteiger partial charge is 0.140 e. The van der Waals surface area contributed by atoms with Crippen molar-refractivity contribution in [3.05, 3.63) is 36.4 Å². The highest BCUT2D eigenvalue weighted by atomic mass is 127. The maximum absolute atomic E-state index is 9.54. The van der Waals surface area contributed by atoms with E-state index in [1.807, 2.05) is 53.2 Å². The highest BCUT2D eigenvalue weighted by molar-refractivity contribution is 14.1. The second kappa shape index (κ2) is 3.41. The van der Waals surface area contributed by atoms with Crippen LogP contribution in [-0.4, -0.2) is 5.11 Å². The molecule has 0 unspecified atom stereocenters. The lowest BCUT2D eigenvalue weighted by atomic mass is 10.1. The first-order valence-electron chi connectivity index (χ1n) is 3.90. The zero-order chi connectivity index (χ0) is 9.26. The number of halogens is 1. The van der Waals surface area contributed by atoms with Gasteiger partial charge >= 0.3 is 0 Å². The summed E-state index contributed by atoms with van der Waals surface area (Å²) in [6.45, 7) is 0. The van der Waals surface area contributed by atoms with Gasteiger partial charge in [-0.25, -0.2) is 0 Å². The van der Waals surface area contributed by atoms with E-state index in [0.29, 0.717) is 0 Å². The van der Waals surface area contributed by atoms with Crippen LogP contribution in [0.3, 0.4) is 0 Å². The van der Waals surface area contributed by atoms with Crippen molar-refractivity contribution in [3.63, 3.8) is 0 Å². The minimum absolute atomic E-state index is 0.285. The van der Waals surface area contributed by atoms with E-state index < -0.39 is 0 Å². The molecule has 0 saturated carbocycles. The third-order valence-electron chi connectivity index (χ3n) is 2.00. The Hall–Kier alpha value is -0.970. The highest BCUT2D eigenvalue weighted by Crippen LogP contribution is 2.32. The second-order valence-electron chi connectivity index (χ2n) is 2.78. The topological polar surface area (TPSA) is 32.3 Å². The van der Waals surface area contributed by atoms with Crippen LogP contribution >= 0.6 is 22.9 Å². The lowest BCUT2D eigenvalue weighted by Gasteiger charge is -2.06. The van der Waals surface area contributed by atoms with E-state index in [9.17, 15) is 5.11 Å². The van der Waals surface area contributed by atoms with E-state index in [0.717, 1.165) is 16.5 Å². The minimum Gasteiger partial charge on any atom is -0.506 e. The molecule has 66 valence electrons. The molecular weight excluding hydrogens is 277 g/mol. The molecule has 0 radical (unpaired) electrons. The molecule has 2 nitrogen and oxygen atoms in total. The van der Waals surface area contributed by atoms with Gasteiger partial charge in [-0.2, -0.15) is 0 Å². The van der Waals surface area contributed by atoms with Gasteiger partial charge in [-0.1, -0.05) is 30.3 Å². The van der Waals surface area contributed by atoms with Crippen molar-refractivity contribution in [1.82, 2.24) is 0 Å². The molecule has 0 aliphatic rings. The highest BCUT2D eigenvalue weighted by Gasteiger charge is 2.03. The lowest BCUT2D eigenvalue weighted by molar-refractivity contribution is 0.479. The van der Waals surface area contributed by atoms with Gasteiger partial charge in [-0.05, 0) is 11.5 Å². The quantitative estimate of drug-likeness (QED) is 0.478. The van der Waals surface area contributed by atoms with Gasteiger partial charge in [0.05, 0.1) is 28.6 Å². The van der Waals surface area contributed by atoms with E-state index in [2.05, 4.69) is 3.53 Å². The zero-order valence-electron chi connectivity index (χ0n) is 6.79.